The second kappa shape index (κ2) is 13.7. The van der Waals surface area contributed by atoms with E-state index in [2.05, 4.69) is 161 Å². The maximum absolute atomic E-state index is 9.96. The van der Waals surface area contributed by atoms with Crippen LogP contribution in [0.4, 0.5) is 0 Å². The molecular formula is C30H18I5O4S+. The van der Waals surface area contributed by atoms with Crippen molar-refractivity contribution in [2.75, 3.05) is 0 Å². The van der Waals surface area contributed by atoms with E-state index >= 15 is 0 Å². The Labute approximate surface area is 303 Å². The Balaban J connectivity index is 1.43. The van der Waals surface area contributed by atoms with Crippen LogP contribution in [0.2, 0.25) is 0 Å². The van der Waals surface area contributed by atoms with Crippen LogP contribution in [-0.4, -0.2) is 10.2 Å². The maximum atomic E-state index is 9.96. The number of ether oxygens (including phenoxy) is 2. The lowest BCUT2D eigenvalue weighted by Crippen LogP contribution is -2.05. The Hall–Kier alpha value is -0.700. The minimum atomic E-state index is -0.341. The smallest absolute Gasteiger partial charge is 0.166 e. The molecule has 202 valence electrons. The highest BCUT2D eigenvalue weighted by atomic mass is 127. The Bertz CT molecular complexity index is 1560. The van der Waals surface area contributed by atoms with E-state index in [4.69, 9.17) is 9.47 Å². The summed E-state index contributed by atoms with van der Waals surface area (Å²) in [7, 11) is -0.341. The minimum Gasteiger partial charge on any atom is -0.507 e. The number of rotatable bonds is 7. The van der Waals surface area contributed by atoms with Crippen molar-refractivity contribution in [1.29, 1.82) is 0 Å². The van der Waals surface area contributed by atoms with Gasteiger partial charge in [-0.1, -0.05) is 0 Å². The second-order valence-electron chi connectivity index (χ2n) is 8.38. The molecule has 40 heavy (non-hydrogen) atoms. The molecule has 5 rings (SSSR count). The highest BCUT2D eigenvalue weighted by Crippen LogP contribution is 2.38. The van der Waals surface area contributed by atoms with E-state index in [9.17, 15) is 10.2 Å². The lowest BCUT2D eigenvalue weighted by atomic mass is 10.3. The standard InChI is InChI=1S/C30H17I5O4S/c31-17-1-7-20(8-2-17)40(21-9-3-18(4-10-21)38-29-15-23(32)27(36)13-25(29)34)22-11-5-19(6-12-22)39-30-16-24(33)28(37)14-26(30)35/h1-16H,(H-,36,37)/p+1. The Morgan fingerprint density at radius 1 is 0.450 bits per heavy atom. The summed E-state index contributed by atoms with van der Waals surface area (Å²) in [4.78, 5) is 3.55. The Kier molecular flexibility index (Phi) is 10.6. The van der Waals surface area contributed by atoms with Crippen molar-refractivity contribution in [3.05, 3.63) is 115 Å². The van der Waals surface area contributed by atoms with E-state index < -0.39 is 0 Å². The van der Waals surface area contributed by atoms with Crippen molar-refractivity contribution in [1.82, 2.24) is 0 Å². The SMILES string of the molecule is Oc1cc(I)c(Oc2ccc([S+](c3ccc(I)cc3)c3ccc(Oc4cc(I)c(O)cc4I)cc3)cc2)cc1I. The molecule has 0 saturated heterocycles. The van der Waals surface area contributed by atoms with Gasteiger partial charge in [0, 0.05) is 3.57 Å². The third-order valence-corrected chi connectivity index (χ3v) is 12.0. The fourth-order valence-electron chi connectivity index (χ4n) is 3.71. The molecule has 10 heteroatoms. The van der Waals surface area contributed by atoms with E-state index in [1.807, 2.05) is 36.4 Å². The molecule has 4 nitrogen and oxygen atoms in total. The first-order chi connectivity index (χ1) is 19.2. The van der Waals surface area contributed by atoms with Crippen LogP contribution >= 0.6 is 113 Å². The average molecular weight is 1110 g/mol. The fourth-order valence-corrected chi connectivity index (χ4v) is 8.11. The summed E-state index contributed by atoms with van der Waals surface area (Å²) in [5.74, 6) is 3.38. The highest BCUT2D eigenvalue weighted by Gasteiger charge is 2.29. The lowest BCUT2D eigenvalue weighted by Gasteiger charge is -2.12. The predicted octanol–water partition coefficient (Wildman–Crippen LogP) is 10.8. The van der Waals surface area contributed by atoms with Crippen LogP contribution in [0.3, 0.4) is 0 Å². The molecule has 5 aromatic rings. The van der Waals surface area contributed by atoms with Crippen LogP contribution in [0.15, 0.2) is 112 Å². The summed E-state index contributed by atoms with van der Waals surface area (Å²) >= 11 is 10.9. The molecule has 0 aliphatic rings. The van der Waals surface area contributed by atoms with Gasteiger partial charge in [0.15, 0.2) is 14.7 Å². The molecule has 0 aliphatic heterocycles. The largest absolute Gasteiger partial charge is 0.507 e. The van der Waals surface area contributed by atoms with Gasteiger partial charge in [0.05, 0.1) is 25.2 Å². The van der Waals surface area contributed by atoms with Crippen LogP contribution in [0.25, 0.3) is 0 Å². The van der Waals surface area contributed by atoms with E-state index in [0.29, 0.717) is 11.5 Å². The summed E-state index contributed by atoms with van der Waals surface area (Å²) in [5.41, 5.74) is 0. The molecule has 0 spiro atoms. The zero-order chi connectivity index (χ0) is 28.4. The molecule has 0 atom stereocenters. The normalized spacial score (nSPS) is 11.1. The van der Waals surface area contributed by atoms with Gasteiger partial charge in [-0.3, -0.25) is 0 Å². The molecule has 5 aromatic carbocycles. The number of halogens is 5. The average Bonchev–Trinajstić information content (AvgIpc) is 2.93. The number of benzene rings is 5. The van der Waals surface area contributed by atoms with Crippen molar-refractivity contribution in [3.63, 3.8) is 0 Å². The highest BCUT2D eigenvalue weighted by molar-refractivity contribution is 14.1. The first-order valence-corrected chi connectivity index (χ1v) is 18.2. The number of hydrogen-bond acceptors (Lipinski definition) is 4. The summed E-state index contributed by atoms with van der Waals surface area (Å²) in [6, 6.07) is 32.1. The molecule has 0 radical (unpaired) electrons. The molecule has 0 bridgehead atoms. The van der Waals surface area contributed by atoms with Gasteiger partial charge in [-0.15, -0.1) is 0 Å². The lowest BCUT2D eigenvalue weighted by molar-refractivity contribution is 0.458. The van der Waals surface area contributed by atoms with E-state index in [-0.39, 0.29) is 22.4 Å². The van der Waals surface area contributed by atoms with Crippen LogP contribution in [-0.2, 0) is 10.9 Å². The zero-order valence-corrected chi connectivity index (χ0v) is 31.9. The summed E-state index contributed by atoms with van der Waals surface area (Å²) in [6.07, 6.45) is 0. The van der Waals surface area contributed by atoms with Crippen LogP contribution in [0.1, 0.15) is 0 Å². The van der Waals surface area contributed by atoms with Crippen molar-refractivity contribution in [3.8, 4) is 34.5 Å². The number of phenolic OH excluding ortho intramolecular Hbond substituents is 2. The zero-order valence-electron chi connectivity index (χ0n) is 20.2. The number of hydrogen-bond donors (Lipinski definition) is 2. The Morgan fingerprint density at radius 2 is 0.800 bits per heavy atom. The molecular weight excluding hydrogens is 1090 g/mol. The first-order valence-electron chi connectivity index (χ1n) is 11.6. The molecule has 0 fully saturated rings. The van der Waals surface area contributed by atoms with Crippen molar-refractivity contribution in [2.24, 2.45) is 0 Å². The van der Waals surface area contributed by atoms with Gasteiger partial charge in [0.25, 0.3) is 0 Å². The van der Waals surface area contributed by atoms with Gasteiger partial charge >= 0.3 is 0 Å². The van der Waals surface area contributed by atoms with Crippen LogP contribution in [0, 0.1) is 17.9 Å². The molecule has 0 amide bonds. The summed E-state index contributed by atoms with van der Waals surface area (Å²) in [6.45, 7) is 0. The topological polar surface area (TPSA) is 58.9 Å². The van der Waals surface area contributed by atoms with Crippen molar-refractivity contribution >= 4 is 124 Å². The van der Waals surface area contributed by atoms with Crippen LogP contribution < -0.4 is 9.47 Å². The molecule has 0 saturated carbocycles. The van der Waals surface area contributed by atoms with Crippen molar-refractivity contribution in [2.45, 2.75) is 14.7 Å². The summed E-state index contributed by atoms with van der Waals surface area (Å²) in [5, 5.41) is 19.9. The predicted molar refractivity (Wildman–Crippen MR) is 201 cm³/mol. The van der Waals surface area contributed by atoms with Gasteiger partial charge in [0.1, 0.15) is 34.5 Å². The maximum Gasteiger partial charge on any atom is 0.166 e. The van der Waals surface area contributed by atoms with Gasteiger partial charge in [-0.2, -0.15) is 0 Å². The van der Waals surface area contributed by atoms with Gasteiger partial charge in [-0.05, 0) is 210 Å². The molecule has 0 unspecified atom stereocenters. The third-order valence-electron chi connectivity index (χ3n) is 5.63. The third kappa shape index (κ3) is 7.44. The number of phenols is 2. The van der Waals surface area contributed by atoms with E-state index in [0.717, 1.165) is 25.8 Å². The summed E-state index contributed by atoms with van der Waals surface area (Å²) < 4.78 is 16.7. The van der Waals surface area contributed by atoms with Gasteiger partial charge in [0.2, 0.25) is 0 Å². The van der Waals surface area contributed by atoms with Crippen molar-refractivity contribution < 1.29 is 19.7 Å². The first kappa shape index (κ1) is 30.7. The molecule has 0 aromatic heterocycles. The Morgan fingerprint density at radius 3 is 1.18 bits per heavy atom. The molecule has 0 aliphatic carbocycles. The van der Waals surface area contributed by atoms with E-state index in [1.54, 1.807) is 12.1 Å². The second-order valence-corrected chi connectivity index (χ2v) is 16.3. The van der Waals surface area contributed by atoms with Gasteiger partial charge < -0.3 is 19.7 Å². The monoisotopic (exact) mass is 1110 g/mol. The quantitative estimate of drug-likeness (QED) is 0.126. The molecule has 2 N–H and O–H groups in total. The fraction of sp³-hybridized carbons (Fsp3) is 0. The van der Waals surface area contributed by atoms with Gasteiger partial charge in [-0.25, -0.2) is 0 Å². The van der Waals surface area contributed by atoms with E-state index in [1.165, 1.54) is 18.3 Å². The minimum absolute atomic E-state index is 0.248. The number of aromatic hydroxyl groups is 2. The van der Waals surface area contributed by atoms with Crippen LogP contribution in [0.5, 0.6) is 34.5 Å². The molecule has 0 heterocycles.